The molecule has 1 aromatic carbocycles. The number of aryl methyl sites for hydroxylation is 4. The number of fused-ring (bicyclic) bond motifs is 1. The van der Waals surface area contributed by atoms with E-state index in [9.17, 15) is 4.79 Å². The summed E-state index contributed by atoms with van der Waals surface area (Å²) < 4.78 is 1.76. The Labute approximate surface area is 166 Å². The Morgan fingerprint density at radius 1 is 1.18 bits per heavy atom. The molecule has 3 aromatic rings. The van der Waals surface area contributed by atoms with Crippen LogP contribution in [0, 0.1) is 26.7 Å². The molecular weight excluding hydrogens is 348 g/mol. The Hall–Kier alpha value is -2.69. The Morgan fingerprint density at radius 2 is 2.00 bits per heavy atom. The van der Waals surface area contributed by atoms with Gasteiger partial charge in [-0.1, -0.05) is 24.3 Å². The molecule has 0 saturated carbocycles. The van der Waals surface area contributed by atoms with Crippen molar-refractivity contribution in [3.8, 4) is 0 Å². The maximum atomic E-state index is 13.1. The number of aromatic nitrogens is 3. The number of amides is 1. The van der Waals surface area contributed by atoms with Crippen LogP contribution in [-0.2, 0) is 6.42 Å². The number of nitrogens with zero attached hydrogens (tertiary/aromatic N) is 4. The molecule has 0 radical (unpaired) electrons. The van der Waals surface area contributed by atoms with Gasteiger partial charge in [0.15, 0.2) is 11.3 Å². The highest BCUT2D eigenvalue weighted by Gasteiger charge is 2.26. The minimum Gasteiger partial charge on any atom is -0.337 e. The quantitative estimate of drug-likeness (QED) is 0.688. The monoisotopic (exact) mass is 376 g/mol. The van der Waals surface area contributed by atoms with Gasteiger partial charge in [-0.15, -0.1) is 0 Å². The Balaban J connectivity index is 1.45. The second-order valence-electron chi connectivity index (χ2n) is 8.06. The van der Waals surface area contributed by atoms with Gasteiger partial charge in [0, 0.05) is 30.5 Å². The Kier molecular flexibility index (Phi) is 5.16. The maximum Gasteiger partial charge on any atom is 0.274 e. The van der Waals surface area contributed by atoms with Gasteiger partial charge in [-0.05, 0) is 69.6 Å². The van der Waals surface area contributed by atoms with Gasteiger partial charge in [0.05, 0.1) is 0 Å². The van der Waals surface area contributed by atoms with E-state index in [2.05, 4.69) is 41.3 Å². The average molecular weight is 377 g/mol. The van der Waals surface area contributed by atoms with Crippen molar-refractivity contribution in [3.05, 3.63) is 64.6 Å². The number of benzene rings is 1. The molecule has 28 heavy (non-hydrogen) atoms. The molecule has 0 spiro atoms. The third-order valence-corrected chi connectivity index (χ3v) is 5.84. The molecule has 0 unspecified atom stereocenters. The third-order valence-electron chi connectivity index (χ3n) is 5.84. The lowest BCUT2D eigenvalue weighted by molar-refractivity contribution is 0.0662. The summed E-state index contributed by atoms with van der Waals surface area (Å²) in [5.41, 5.74) is 5.96. The number of carbonyl (C=O) groups is 1. The van der Waals surface area contributed by atoms with Gasteiger partial charge >= 0.3 is 0 Å². The molecule has 146 valence electrons. The van der Waals surface area contributed by atoms with Crippen LogP contribution in [0.15, 0.2) is 36.4 Å². The third kappa shape index (κ3) is 3.79. The minimum atomic E-state index is 0.0307. The topological polar surface area (TPSA) is 50.5 Å². The van der Waals surface area contributed by atoms with Crippen LogP contribution in [0.4, 0.5) is 0 Å². The zero-order chi connectivity index (χ0) is 19.7. The number of rotatable bonds is 4. The van der Waals surface area contributed by atoms with E-state index in [0.717, 1.165) is 49.4 Å². The summed E-state index contributed by atoms with van der Waals surface area (Å²) in [4.78, 5) is 19.5. The second kappa shape index (κ2) is 7.74. The first-order valence-electron chi connectivity index (χ1n) is 10.2. The summed E-state index contributed by atoms with van der Waals surface area (Å²) in [6.07, 6.45) is 4.46. The van der Waals surface area contributed by atoms with E-state index < -0.39 is 0 Å². The van der Waals surface area contributed by atoms with Crippen molar-refractivity contribution >= 4 is 11.6 Å². The summed E-state index contributed by atoms with van der Waals surface area (Å²) in [6, 6.07) is 12.4. The van der Waals surface area contributed by atoms with Crippen LogP contribution in [0.3, 0.4) is 0 Å². The number of likely N-dealkylation sites (tertiary alicyclic amines) is 1. The first-order chi connectivity index (χ1) is 13.5. The molecule has 5 heteroatoms. The molecule has 1 fully saturated rings. The van der Waals surface area contributed by atoms with Gasteiger partial charge in [-0.3, -0.25) is 4.79 Å². The van der Waals surface area contributed by atoms with Crippen LogP contribution < -0.4 is 0 Å². The lowest BCUT2D eigenvalue weighted by Gasteiger charge is -2.32. The molecule has 2 aromatic heterocycles. The van der Waals surface area contributed by atoms with Crippen LogP contribution >= 0.6 is 0 Å². The van der Waals surface area contributed by atoms with Crippen molar-refractivity contribution in [2.24, 2.45) is 5.92 Å². The van der Waals surface area contributed by atoms with Gasteiger partial charge in [-0.2, -0.15) is 5.10 Å². The summed E-state index contributed by atoms with van der Waals surface area (Å²) >= 11 is 0. The van der Waals surface area contributed by atoms with Crippen molar-refractivity contribution in [1.82, 2.24) is 19.5 Å². The number of hydrogen-bond acceptors (Lipinski definition) is 3. The van der Waals surface area contributed by atoms with Crippen LogP contribution in [0.1, 0.15) is 52.3 Å². The minimum absolute atomic E-state index is 0.0307. The molecule has 0 aliphatic carbocycles. The van der Waals surface area contributed by atoms with Crippen molar-refractivity contribution in [2.75, 3.05) is 13.1 Å². The molecule has 1 aliphatic rings. The average Bonchev–Trinajstić information content (AvgIpc) is 3.11. The highest BCUT2D eigenvalue weighted by molar-refractivity contribution is 5.93. The first-order valence-corrected chi connectivity index (χ1v) is 10.2. The Morgan fingerprint density at radius 3 is 2.82 bits per heavy atom. The molecule has 1 amide bonds. The van der Waals surface area contributed by atoms with Gasteiger partial charge < -0.3 is 4.90 Å². The molecule has 1 saturated heterocycles. The molecule has 0 bridgehead atoms. The first kappa shape index (κ1) is 18.7. The van der Waals surface area contributed by atoms with Crippen molar-refractivity contribution in [2.45, 2.75) is 46.5 Å². The van der Waals surface area contributed by atoms with Crippen LogP contribution in [0.25, 0.3) is 5.65 Å². The van der Waals surface area contributed by atoms with Gasteiger partial charge in [0.2, 0.25) is 0 Å². The molecular formula is C23H28N4O. The maximum absolute atomic E-state index is 13.1. The largest absolute Gasteiger partial charge is 0.337 e. The molecule has 0 N–H and O–H groups in total. The standard InChI is InChI=1S/C23H28N4O/c1-16-7-4-5-9-20(16)11-10-19-8-6-12-26(15-19)23(28)21-14-22-24-17(2)13-18(3)27(22)25-21/h4-5,7,9,13-14,19H,6,8,10-12,15H2,1-3H3/t19-/m1/s1. The van der Waals surface area contributed by atoms with Gasteiger partial charge in [0.1, 0.15) is 0 Å². The number of piperidine rings is 1. The number of hydrogen-bond donors (Lipinski definition) is 0. The fourth-order valence-corrected chi connectivity index (χ4v) is 4.29. The molecule has 1 atom stereocenters. The SMILES string of the molecule is Cc1cc(C)n2nc(C(=O)N3CCC[C@H](CCc4ccccc4C)C3)cc2n1. The summed E-state index contributed by atoms with van der Waals surface area (Å²) in [5.74, 6) is 0.583. The molecule has 1 aliphatic heterocycles. The smallest absolute Gasteiger partial charge is 0.274 e. The van der Waals surface area contributed by atoms with E-state index in [0.29, 0.717) is 11.6 Å². The van der Waals surface area contributed by atoms with Crippen molar-refractivity contribution < 1.29 is 4.79 Å². The van der Waals surface area contributed by atoms with Crippen molar-refractivity contribution in [1.29, 1.82) is 0 Å². The second-order valence-corrected chi connectivity index (χ2v) is 8.06. The van der Waals surface area contributed by atoms with E-state index >= 15 is 0 Å². The van der Waals surface area contributed by atoms with E-state index in [4.69, 9.17) is 0 Å². The fraction of sp³-hybridized carbons (Fsp3) is 0.435. The predicted molar refractivity (Wildman–Crippen MR) is 111 cm³/mol. The summed E-state index contributed by atoms with van der Waals surface area (Å²) in [7, 11) is 0. The Bertz CT molecular complexity index is 1010. The van der Waals surface area contributed by atoms with E-state index in [1.807, 2.05) is 30.9 Å². The lowest BCUT2D eigenvalue weighted by atomic mass is 9.90. The normalized spacial score (nSPS) is 17.2. The molecule has 4 rings (SSSR count). The number of carbonyl (C=O) groups excluding carboxylic acids is 1. The van der Waals surface area contributed by atoms with E-state index in [1.165, 1.54) is 17.5 Å². The molecule has 5 nitrogen and oxygen atoms in total. The summed E-state index contributed by atoms with van der Waals surface area (Å²) in [6.45, 7) is 7.77. The fourth-order valence-electron chi connectivity index (χ4n) is 4.29. The van der Waals surface area contributed by atoms with Crippen LogP contribution in [0.2, 0.25) is 0 Å². The highest BCUT2D eigenvalue weighted by atomic mass is 16.2. The highest BCUT2D eigenvalue weighted by Crippen LogP contribution is 2.24. The van der Waals surface area contributed by atoms with E-state index in [1.54, 1.807) is 4.52 Å². The zero-order valence-electron chi connectivity index (χ0n) is 17.0. The van der Waals surface area contributed by atoms with Crippen LogP contribution in [0.5, 0.6) is 0 Å². The summed E-state index contributed by atoms with van der Waals surface area (Å²) in [5, 5.41) is 4.52. The van der Waals surface area contributed by atoms with E-state index in [-0.39, 0.29) is 5.91 Å². The van der Waals surface area contributed by atoms with Gasteiger partial charge in [-0.25, -0.2) is 9.50 Å². The molecule has 3 heterocycles. The van der Waals surface area contributed by atoms with Crippen LogP contribution in [-0.4, -0.2) is 38.5 Å². The lowest BCUT2D eigenvalue weighted by Crippen LogP contribution is -2.40. The van der Waals surface area contributed by atoms with Crippen molar-refractivity contribution in [3.63, 3.8) is 0 Å². The van der Waals surface area contributed by atoms with Gasteiger partial charge in [0.25, 0.3) is 5.91 Å². The predicted octanol–water partition coefficient (Wildman–Crippen LogP) is 4.14. The zero-order valence-corrected chi connectivity index (χ0v) is 17.0.